The molecule has 0 unspecified atom stereocenters. The second-order valence-corrected chi connectivity index (χ2v) is 10.9. The van der Waals surface area contributed by atoms with E-state index >= 15 is 0 Å². The van der Waals surface area contributed by atoms with E-state index < -0.39 is 17.6 Å². The van der Waals surface area contributed by atoms with Crippen LogP contribution in [0.3, 0.4) is 0 Å². The predicted molar refractivity (Wildman–Crippen MR) is 92.7 cm³/mol. The van der Waals surface area contributed by atoms with Gasteiger partial charge in [0.05, 0.1) is 0 Å². The Bertz CT molecular complexity index is 484. The molecule has 0 atom stereocenters. The van der Waals surface area contributed by atoms with Gasteiger partial charge < -0.3 is 26.6 Å². The molecule has 8 heteroatoms. The van der Waals surface area contributed by atoms with Crippen LogP contribution in [0.2, 0.25) is 0 Å². The molecular formula is C15H28O6Si2. The first-order valence-corrected chi connectivity index (χ1v) is 10.8. The fraction of sp³-hybridized carbons (Fsp3) is 0.600. The molecule has 1 aliphatic rings. The lowest BCUT2D eigenvalue weighted by atomic mass is 10.0. The monoisotopic (exact) mass is 360 g/mol. The van der Waals surface area contributed by atoms with E-state index in [4.69, 9.17) is 26.6 Å². The summed E-state index contributed by atoms with van der Waals surface area (Å²) in [4.78, 5) is 0. The van der Waals surface area contributed by atoms with Crippen LogP contribution in [0.5, 0.6) is 0 Å². The lowest BCUT2D eigenvalue weighted by molar-refractivity contribution is 0.128. The van der Waals surface area contributed by atoms with E-state index in [1.165, 1.54) is 0 Å². The van der Waals surface area contributed by atoms with Gasteiger partial charge in [0.25, 0.3) is 0 Å². The van der Waals surface area contributed by atoms with E-state index in [0.29, 0.717) is 0 Å². The van der Waals surface area contributed by atoms with Crippen molar-refractivity contribution >= 4 is 17.6 Å². The Morgan fingerprint density at radius 2 is 1.22 bits per heavy atom. The molecule has 6 nitrogen and oxygen atoms in total. The number of hydrogen-bond acceptors (Lipinski definition) is 6. The quantitative estimate of drug-likeness (QED) is 0.620. The smallest absolute Gasteiger partial charge is 0.373 e. The van der Waals surface area contributed by atoms with E-state index in [-0.39, 0.29) is 0 Å². The van der Waals surface area contributed by atoms with E-state index in [1.807, 2.05) is 6.08 Å². The van der Waals surface area contributed by atoms with Crippen molar-refractivity contribution in [3.63, 3.8) is 0 Å². The Kier molecular flexibility index (Phi) is 7.55. The van der Waals surface area contributed by atoms with Gasteiger partial charge in [-0.15, -0.1) is 0 Å². The molecule has 0 radical (unpaired) electrons. The fourth-order valence-electron chi connectivity index (χ4n) is 2.84. The molecular weight excluding hydrogens is 332 g/mol. The minimum absolute atomic E-state index is 0.771. The Morgan fingerprint density at radius 3 is 1.57 bits per heavy atom. The maximum Gasteiger partial charge on any atom is 0.536 e. The van der Waals surface area contributed by atoms with Gasteiger partial charge in [0.1, 0.15) is 0 Å². The summed E-state index contributed by atoms with van der Waals surface area (Å²) >= 11 is 0. The summed E-state index contributed by atoms with van der Waals surface area (Å²) in [5, 5.41) is 1.70. The van der Waals surface area contributed by atoms with E-state index in [9.17, 15) is 0 Å². The first-order valence-electron chi connectivity index (χ1n) is 7.31. The fourth-order valence-corrected chi connectivity index (χ4v) is 7.94. The third-order valence-corrected chi connectivity index (χ3v) is 9.76. The standard InChI is InChI=1S/C15H28O6Si2/c1-12(2)13-10-9-11-14(22(16-3,17-4)18-5)15(13)23(19-6,20-7)21-8/h9,11H,10H2,1-8H3. The van der Waals surface area contributed by atoms with Crippen LogP contribution in [-0.4, -0.2) is 60.3 Å². The summed E-state index contributed by atoms with van der Waals surface area (Å²) in [6.07, 6.45) is 4.82. The molecule has 0 saturated heterocycles. The highest BCUT2D eigenvalue weighted by Crippen LogP contribution is 2.39. The summed E-state index contributed by atoms with van der Waals surface area (Å²) in [7, 11) is 3.38. The summed E-state index contributed by atoms with van der Waals surface area (Å²) < 4.78 is 34.3. The van der Waals surface area contributed by atoms with Crippen molar-refractivity contribution in [1.82, 2.24) is 0 Å². The van der Waals surface area contributed by atoms with Gasteiger partial charge in [0.2, 0.25) is 0 Å². The van der Waals surface area contributed by atoms with Crippen molar-refractivity contribution in [3.05, 3.63) is 33.7 Å². The average molecular weight is 361 g/mol. The van der Waals surface area contributed by atoms with Crippen molar-refractivity contribution in [2.24, 2.45) is 0 Å². The van der Waals surface area contributed by atoms with Crippen LogP contribution >= 0.6 is 0 Å². The normalized spacial score (nSPS) is 16.3. The lowest BCUT2D eigenvalue weighted by Crippen LogP contribution is -2.53. The van der Waals surface area contributed by atoms with Crippen LogP contribution < -0.4 is 0 Å². The van der Waals surface area contributed by atoms with Gasteiger partial charge in [-0.05, 0) is 25.8 Å². The SMILES string of the molecule is CO[Si](OC)(OC)C1=C([Si](OC)(OC)OC)C(=C(C)C)CC=C1. The minimum Gasteiger partial charge on any atom is -0.373 e. The third-order valence-electron chi connectivity index (χ3n) is 4.03. The van der Waals surface area contributed by atoms with Gasteiger partial charge in [0.15, 0.2) is 0 Å². The molecule has 0 saturated carbocycles. The molecule has 0 heterocycles. The number of allylic oxidation sites excluding steroid dienone is 6. The summed E-state index contributed by atoms with van der Waals surface area (Å²) in [5.74, 6) is 0. The highest BCUT2D eigenvalue weighted by Gasteiger charge is 2.54. The third kappa shape index (κ3) is 3.59. The first kappa shape index (κ1) is 20.5. The molecule has 0 fully saturated rings. The van der Waals surface area contributed by atoms with Crippen LogP contribution in [0.4, 0.5) is 0 Å². The largest absolute Gasteiger partial charge is 0.536 e. The maximum atomic E-state index is 5.74. The van der Waals surface area contributed by atoms with Crippen LogP contribution in [0.1, 0.15) is 20.3 Å². The highest BCUT2D eigenvalue weighted by atomic mass is 28.4. The van der Waals surface area contributed by atoms with Crippen molar-refractivity contribution in [2.75, 3.05) is 42.7 Å². The van der Waals surface area contributed by atoms with Crippen LogP contribution in [-0.2, 0) is 26.6 Å². The Hall–Kier alpha value is -0.586. The van der Waals surface area contributed by atoms with E-state index in [0.717, 1.165) is 28.0 Å². The molecule has 0 aromatic carbocycles. The molecule has 0 bridgehead atoms. The molecule has 0 aromatic heterocycles. The zero-order valence-electron chi connectivity index (χ0n) is 15.3. The van der Waals surface area contributed by atoms with Gasteiger partial charge >= 0.3 is 17.6 Å². The molecule has 0 amide bonds. The minimum atomic E-state index is -3.10. The van der Waals surface area contributed by atoms with Gasteiger partial charge in [-0.2, -0.15) is 0 Å². The highest BCUT2D eigenvalue weighted by molar-refractivity contribution is 6.77. The van der Waals surface area contributed by atoms with Gasteiger partial charge in [0, 0.05) is 53.1 Å². The second-order valence-electron chi connectivity index (χ2n) is 5.21. The first-order chi connectivity index (χ1) is 10.9. The topological polar surface area (TPSA) is 55.4 Å². The number of hydrogen-bond donors (Lipinski definition) is 0. The Morgan fingerprint density at radius 1 is 0.783 bits per heavy atom. The predicted octanol–water partition coefficient (Wildman–Crippen LogP) is 2.41. The zero-order chi connectivity index (χ0) is 17.7. The van der Waals surface area contributed by atoms with Crippen LogP contribution in [0, 0.1) is 0 Å². The van der Waals surface area contributed by atoms with Crippen LogP contribution in [0.25, 0.3) is 0 Å². The molecule has 132 valence electrons. The number of rotatable bonds is 8. The van der Waals surface area contributed by atoms with E-state index in [2.05, 4.69) is 19.9 Å². The van der Waals surface area contributed by atoms with Gasteiger partial charge in [-0.3, -0.25) is 0 Å². The van der Waals surface area contributed by atoms with Gasteiger partial charge in [-0.25, -0.2) is 0 Å². The molecule has 0 aliphatic heterocycles. The average Bonchev–Trinajstić information content (AvgIpc) is 2.59. The van der Waals surface area contributed by atoms with Gasteiger partial charge in [-0.1, -0.05) is 17.7 Å². The lowest BCUT2D eigenvalue weighted by Gasteiger charge is -2.36. The zero-order valence-corrected chi connectivity index (χ0v) is 17.3. The van der Waals surface area contributed by atoms with Crippen molar-refractivity contribution in [2.45, 2.75) is 20.3 Å². The molecule has 1 rings (SSSR count). The molecule has 23 heavy (non-hydrogen) atoms. The summed E-state index contributed by atoms with van der Waals surface area (Å²) in [6.45, 7) is 4.11. The molecule has 0 aromatic rings. The molecule has 0 N–H and O–H groups in total. The van der Waals surface area contributed by atoms with Crippen molar-refractivity contribution in [1.29, 1.82) is 0 Å². The summed E-state index contributed by atoms with van der Waals surface area (Å²) in [6, 6.07) is 0. The van der Waals surface area contributed by atoms with Crippen LogP contribution in [0.15, 0.2) is 33.7 Å². The van der Waals surface area contributed by atoms with Crippen molar-refractivity contribution < 1.29 is 26.6 Å². The maximum absolute atomic E-state index is 5.74. The Labute approximate surface area is 141 Å². The Balaban J connectivity index is 3.82. The van der Waals surface area contributed by atoms with Crippen molar-refractivity contribution in [3.8, 4) is 0 Å². The van der Waals surface area contributed by atoms with E-state index in [1.54, 1.807) is 42.7 Å². The summed E-state index contributed by atoms with van der Waals surface area (Å²) in [5.41, 5.74) is 2.28. The second kappa shape index (κ2) is 8.49. The molecule has 0 spiro atoms. The molecule has 1 aliphatic carbocycles.